The van der Waals surface area contributed by atoms with Crippen LogP contribution in [0.1, 0.15) is 158 Å². The van der Waals surface area contributed by atoms with E-state index in [0.717, 1.165) is 0 Å². The monoisotopic (exact) mass is 573 g/mol. The first-order chi connectivity index (χ1) is 18.6. The molecule has 0 amide bonds. The SMILES string of the molecule is CC(C)(C)c1cccc(C(C)(C)C)c1.CC(C)(C)c1ccnc(C(C)(C)C)c1.CC(C)(C)c1cncc(C(C)(C)C)c1. The van der Waals surface area contributed by atoms with Gasteiger partial charge in [0, 0.05) is 29.7 Å². The third-order valence-electron chi connectivity index (χ3n) is 7.46. The zero-order valence-electron chi connectivity index (χ0n) is 30.7. The van der Waals surface area contributed by atoms with Gasteiger partial charge in [0.2, 0.25) is 0 Å². The van der Waals surface area contributed by atoms with Crippen molar-refractivity contribution in [1.29, 1.82) is 0 Å². The Morgan fingerprint density at radius 2 is 0.714 bits per heavy atom. The van der Waals surface area contributed by atoms with Gasteiger partial charge in [-0.2, -0.15) is 0 Å². The molecule has 0 radical (unpaired) electrons. The van der Waals surface area contributed by atoms with Crippen LogP contribution in [0.5, 0.6) is 0 Å². The maximum absolute atomic E-state index is 4.42. The fraction of sp³-hybridized carbons (Fsp3) is 0.600. The van der Waals surface area contributed by atoms with E-state index in [9.17, 15) is 0 Å². The van der Waals surface area contributed by atoms with Crippen LogP contribution in [0, 0.1) is 0 Å². The van der Waals surface area contributed by atoms with Gasteiger partial charge in [-0.1, -0.05) is 155 Å². The maximum atomic E-state index is 4.42. The van der Waals surface area contributed by atoms with E-state index in [1.807, 2.05) is 18.6 Å². The summed E-state index contributed by atoms with van der Waals surface area (Å²) >= 11 is 0. The van der Waals surface area contributed by atoms with Crippen molar-refractivity contribution in [2.75, 3.05) is 0 Å². The molecule has 234 valence electrons. The lowest BCUT2D eigenvalue weighted by molar-refractivity contribution is 0.552. The molecule has 0 saturated heterocycles. The largest absolute Gasteiger partial charge is 0.264 e. The molecule has 0 atom stereocenters. The molecule has 42 heavy (non-hydrogen) atoms. The second-order valence-electron chi connectivity index (χ2n) is 18.0. The average Bonchev–Trinajstić information content (AvgIpc) is 2.82. The standard InChI is InChI=1S/C14H22.2C13H21N/c1-13(2,3)11-8-7-9-12(10-11)14(4,5)6;1-12(2,3)10-7-11(9-14-8-10)13(4,5)6;1-12(2,3)10-7-8-14-11(9-10)13(4,5)6/h7-10H,1-6H3;2*7-9H,1-6H3. The highest BCUT2D eigenvalue weighted by atomic mass is 14.7. The van der Waals surface area contributed by atoms with Gasteiger partial charge in [-0.3, -0.25) is 9.97 Å². The number of nitrogens with zero attached hydrogens (tertiary/aromatic N) is 2. The summed E-state index contributed by atoms with van der Waals surface area (Å²) in [5, 5.41) is 0. The van der Waals surface area contributed by atoms with Crippen molar-refractivity contribution in [3.05, 3.63) is 94.6 Å². The predicted octanol–water partition coefficient (Wildman–Crippen LogP) is 11.6. The minimum Gasteiger partial charge on any atom is -0.264 e. The summed E-state index contributed by atoms with van der Waals surface area (Å²) in [5.74, 6) is 0. The lowest BCUT2D eigenvalue weighted by Crippen LogP contribution is -2.17. The quantitative estimate of drug-likeness (QED) is 0.268. The molecule has 2 heteroatoms. The van der Waals surface area contributed by atoms with Crippen LogP contribution in [0.3, 0.4) is 0 Å². The second kappa shape index (κ2) is 13.4. The van der Waals surface area contributed by atoms with Crippen molar-refractivity contribution in [3.63, 3.8) is 0 Å². The van der Waals surface area contributed by atoms with Crippen LogP contribution in [-0.2, 0) is 32.5 Å². The van der Waals surface area contributed by atoms with Gasteiger partial charge in [-0.05, 0) is 67.0 Å². The Kier molecular flexibility index (Phi) is 12.0. The van der Waals surface area contributed by atoms with Crippen molar-refractivity contribution >= 4 is 0 Å². The summed E-state index contributed by atoms with van der Waals surface area (Å²) in [5.41, 5.74) is 9.22. The first kappa shape index (κ1) is 37.5. The van der Waals surface area contributed by atoms with Crippen LogP contribution in [0.2, 0.25) is 0 Å². The Morgan fingerprint density at radius 1 is 0.381 bits per heavy atom. The van der Waals surface area contributed by atoms with E-state index in [2.05, 4.69) is 177 Å². The smallest absolute Gasteiger partial charge is 0.0459 e. The summed E-state index contributed by atoms with van der Waals surface area (Å²) < 4.78 is 0. The van der Waals surface area contributed by atoms with Crippen molar-refractivity contribution in [1.82, 2.24) is 9.97 Å². The summed E-state index contributed by atoms with van der Waals surface area (Å²) in [6, 6.07) is 15.5. The van der Waals surface area contributed by atoms with E-state index in [0.29, 0.717) is 0 Å². The molecule has 1 aromatic carbocycles. The highest BCUT2D eigenvalue weighted by molar-refractivity contribution is 5.32. The first-order valence-electron chi connectivity index (χ1n) is 15.7. The normalized spacial score (nSPS) is 13.0. The summed E-state index contributed by atoms with van der Waals surface area (Å²) in [6.07, 6.45) is 5.85. The molecule has 2 aromatic heterocycles. The van der Waals surface area contributed by atoms with Gasteiger partial charge in [-0.15, -0.1) is 0 Å². The molecule has 0 aliphatic carbocycles. The Morgan fingerprint density at radius 3 is 1.05 bits per heavy atom. The Labute approximate surface area is 261 Å². The fourth-order valence-corrected chi connectivity index (χ4v) is 4.02. The Hall–Kier alpha value is -2.48. The van der Waals surface area contributed by atoms with Crippen LogP contribution < -0.4 is 0 Å². The third kappa shape index (κ3) is 12.4. The number of aromatic nitrogens is 2. The zero-order chi connectivity index (χ0) is 32.9. The van der Waals surface area contributed by atoms with E-state index < -0.39 is 0 Å². The molecule has 0 fully saturated rings. The highest BCUT2D eigenvalue weighted by Gasteiger charge is 2.21. The number of rotatable bonds is 0. The topological polar surface area (TPSA) is 25.8 Å². The van der Waals surface area contributed by atoms with E-state index >= 15 is 0 Å². The van der Waals surface area contributed by atoms with Crippen molar-refractivity contribution in [2.45, 2.75) is 157 Å². The maximum Gasteiger partial charge on any atom is 0.0459 e. The van der Waals surface area contributed by atoms with E-state index in [4.69, 9.17) is 0 Å². The van der Waals surface area contributed by atoms with Gasteiger partial charge in [0.25, 0.3) is 0 Å². The molecule has 0 spiro atoms. The minimum atomic E-state index is 0.140. The van der Waals surface area contributed by atoms with Gasteiger partial charge < -0.3 is 0 Å². The molecule has 0 N–H and O–H groups in total. The summed E-state index contributed by atoms with van der Waals surface area (Å²) in [7, 11) is 0. The number of pyridine rings is 2. The second-order valence-corrected chi connectivity index (χ2v) is 18.0. The zero-order valence-corrected chi connectivity index (χ0v) is 30.7. The van der Waals surface area contributed by atoms with Crippen molar-refractivity contribution in [2.24, 2.45) is 0 Å². The van der Waals surface area contributed by atoms with Crippen LogP contribution >= 0.6 is 0 Å². The molecule has 3 aromatic rings. The number of hydrogen-bond acceptors (Lipinski definition) is 2. The van der Waals surface area contributed by atoms with Gasteiger partial charge in [0.1, 0.15) is 0 Å². The van der Waals surface area contributed by atoms with Crippen LogP contribution in [0.4, 0.5) is 0 Å². The first-order valence-corrected chi connectivity index (χ1v) is 15.7. The fourth-order valence-electron chi connectivity index (χ4n) is 4.02. The Bertz CT molecular complexity index is 1010. The molecule has 3 rings (SSSR count). The Balaban J connectivity index is 0.000000315. The predicted molar refractivity (Wildman–Crippen MR) is 187 cm³/mol. The lowest BCUT2D eigenvalue weighted by atomic mass is 9.81. The average molecular weight is 573 g/mol. The molecule has 0 saturated carbocycles. The van der Waals surface area contributed by atoms with E-state index in [-0.39, 0.29) is 32.5 Å². The third-order valence-corrected chi connectivity index (χ3v) is 7.46. The molecular weight excluding hydrogens is 508 g/mol. The highest BCUT2D eigenvalue weighted by Crippen LogP contribution is 2.29. The van der Waals surface area contributed by atoms with Crippen molar-refractivity contribution in [3.8, 4) is 0 Å². The van der Waals surface area contributed by atoms with E-state index in [1.165, 1.54) is 33.5 Å². The molecule has 0 aliphatic rings. The van der Waals surface area contributed by atoms with Crippen LogP contribution in [-0.4, -0.2) is 9.97 Å². The molecular formula is C40H64N2. The lowest BCUT2D eigenvalue weighted by Gasteiger charge is -2.24. The van der Waals surface area contributed by atoms with Crippen LogP contribution in [0.15, 0.2) is 61.1 Å². The summed E-state index contributed by atoms with van der Waals surface area (Å²) in [6.45, 7) is 40.1. The van der Waals surface area contributed by atoms with Crippen LogP contribution in [0.25, 0.3) is 0 Å². The molecule has 2 nitrogen and oxygen atoms in total. The van der Waals surface area contributed by atoms with Crippen molar-refractivity contribution < 1.29 is 0 Å². The van der Waals surface area contributed by atoms with Gasteiger partial charge in [0.15, 0.2) is 0 Å². The number of hydrogen-bond donors (Lipinski definition) is 0. The van der Waals surface area contributed by atoms with Gasteiger partial charge in [0.05, 0.1) is 0 Å². The summed E-state index contributed by atoms with van der Waals surface area (Å²) in [4.78, 5) is 8.74. The molecule has 0 unspecified atom stereocenters. The minimum absolute atomic E-state index is 0.140. The molecule has 0 aliphatic heterocycles. The van der Waals surface area contributed by atoms with E-state index in [1.54, 1.807) is 0 Å². The van der Waals surface area contributed by atoms with Gasteiger partial charge >= 0.3 is 0 Å². The number of benzene rings is 1. The molecule has 2 heterocycles. The van der Waals surface area contributed by atoms with Gasteiger partial charge in [-0.25, -0.2) is 0 Å². The molecule has 0 bridgehead atoms.